The minimum atomic E-state index is -0.465. The van der Waals surface area contributed by atoms with Gasteiger partial charge >= 0.3 is 0 Å². The number of hydrogen-bond acceptors (Lipinski definition) is 1. The molecule has 3 heteroatoms. The third-order valence-electron chi connectivity index (χ3n) is 2.37. The van der Waals surface area contributed by atoms with Crippen molar-refractivity contribution < 1.29 is 9.18 Å². The van der Waals surface area contributed by atoms with Gasteiger partial charge in [-0.1, -0.05) is 25.5 Å². The quantitative estimate of drug-likeness (QED) is 0.835. The second-order valence-corrected chi connectivity index (χ2v) is 4.42. The van der Waals surface area contributed by atoms with E-state index in [0.29, 0.717) is 12.5 Å². The zero-order valence-electron chi connectivity index (χ0n) is 10.0. The lowest BCUT2D eigenvalue weighted by Gasteiger charge is -2.08. The van der Waals surface area contributed by atoms with E-state index in [0.717, 1.165) is 12.0 Å². The number of rotatable bonds is 4. The molecule has 0 radical (unpaired) electrons. The van der Waals surface area contributed by atoms with Gasteiger partial charge in [-0.25, -0.2) is 4.39 Å². The highest BCUT2D eigenvalue weighted by Crippen LogP contribution is 2.09. The molecule has 0 saturated carbocycles. The normalized spacial score (nSPS) is 10.6. The van der Waals surface area contributed by atoms with Gasteiger partial charge in [0.25, 0.3) is 5.91 Å². The Kier molecular flexibility index (Phi) is 4.47. The molecular formula is C13H18FNO. The first kappa shape index (κ1) is 12.7. The lowest BCUT2D eigenvalue weighted by atomic mass is 10.1. The number of benzene rings is 1. The Hall–Kier alpha value is -1.38. The largest absolute Gasteiger partial charge is 0.352 e. The van der Waals surface area contributed by atoms with Gasteiger partial charge in [0.2, 0.25) is 0 Å². The summed E-state index contributed by atoms with van der Waals surface area (Å²) in [4.78, 5) is 11.6. The van der Waals surface area contributed by atoms with Crippen molar-refractivity contribution >= 4 is 5.91 Å². The molecule has 0 unspecified atom stereocenters. The summed E-state index contributed by atoms with van der Waals surface area (Å²) in [6, 6.07) is 4.55. The van der Waals surface area contributed by atoms with Crippen LogP contribution in [0.4, 0.5) is 4.39 Å². The van der Waals surface area contributed by atoms with Crippen LogP contribution in [0.3, 0.4) is 0 Å². The SMILES string of the molecule is Cc1ccc(F)c(C(=O)NCCC(C)C)c1. The number of carbonyl (C=O) groups excluding carboxylic acids is 1. The van der Waals surface area contributed by atoms with Crippen LogP contribution >= 0.6 is 0 Å². The highest BCUT2D eigenvalue weighted by atomic mass is 19.1. The lowest BCUT2D eigenvalue weighted by molar-refractivity contribution is 0.0948. The zero-order valence-corrected chi connectivity index (χ0v) is 10.0. The summed E-state index contributed by atoms with van der Waals surface area (Å²) in [5.74, 6) is -0.267. The standard InChI is InChI=1S/C13H18FNO/c1-9(2)6-7-15-13(16)11-8-10(3)4-5-12(11)14/h4-5,8-9H,6-7H2,1-3H3,(H,15,16). The van der Waals surface area contributed by atoms with Crippen molar-refractivity contribution in [3.8, 4) is 0 Å². The van der Waals surface area contributed by atoms with Crippen molar-refractivity contribution in [2.75, 3.05) is 6.54 Å². The first-order chi connectivity index (χ1) is 7.50. The number of carbonyl (C=O) groups is 1. The lowest BCUT2D eigenvalue weighted by Crippen LogP contribution is -2.26. The van der Waals surface area contributed by atoms with Crippen molar-refractivity contribution in [3.05, 3.63) is 35.1 Å². The minimum Gasteiger partial charge on any atom is -0.352 e. The maximum Gasteiger partial charge on any atom is 0.254 e. The van der Waals surface area contributed by atoms with Crippen LogP contribution in [0.15, 0.2) is 18.2 Å². The number of halogens is 1. The van der Waals surface area contributed by atoms with Crippen LogP contribution in [0.2, 0.25) is 0 Å². The average molecular weight is 223 g/mol. The second kappa shape index (κ2) is 5.64. The molecule has 0 saturated heterocycles. The second-order valence-electron chi connectivity index (χ2n) is 4.42. The van der Waals surface area contributed by atoms with Gasteiger partial charge in [0.15, 0.2) is 0 Å². The molecule has 0 bridgehead atoms. The van der Waals surface area contributed by atoms with Crippen molar-refractivity contribution in [2.24, 2.45) is 5.92 Å². The predicted octanol–water partition coefficient (Wildman–Crippen LogP) is 2.91. The monoisotopic (exact) mass is 223 g/mol. The van der Waals surface area contributed by atoms with Gasteiger partial charge in [-0.05, 0) is 31.4 Å². The molecule has 0 heterocycles. The summed E-state index contributed by atoms with van der Waals surface area (Å²) in [6.07, 6.45) is 0.902. The first-order valence-corrected chi connectivity index (χ1v) is 5.55. The van der Waals surface area contributed by atoms with Crippen LogP contribution in [-0.4, -0.2) is 12.5 Å². The third-order valence-corrected chi connectivity index (χ3v) is 2.37. The maximum absolute atomic E-state index is 13.3. The van der Waals surface area contributed by atoms with E-state index in [2.05, 4.69) is 19.2 Å². The Morgan fingerprint density at radius 3 is 2.75 bits per heavy atom. The van der Waals surface area contributed by atoms with E-state index >= 15 is 0 Å². The van der Waals surface area contributed by atoms with Crippen LogP contribution in [0.25, 0.3) is 0 Å². The van der Waals surface area contributed by atoms with Gasteiger partial charge in [0.1, 0.15) is 5.82 Å². The number of nitrogens with one attached hydrogen (secondary N) is 1. The minimum absolute atomic E-state index is 0.128. The van der Waals surface area contributed by atoms with Gasteiger partial charge in [-0.3, -0.25) is 4.79 Å². The first-order valence-electron chi connectivity index (χ1n) is 5.55. The molecule has 1 aromatic rings. The Morgan fingerprint density at radius 1 is 1.44 bits per heavy atom. The van der Waals surface area contributed by atoms with E-state index in [-0.39, 0.29) is 11.5 Å². The van der Waals surface area contributed by atoms with Gasteiger partial charge in [-0.2, -0.15) is 0 Å². The van der Waals surface area contributed by atoms with Crippen LogP contribution in [-0.2, 0) is 0 Å². The molecule has 1 N–H and O–H groups in total. The van der Waals surface area contributed by atoms with E-state index in [4.69, 9.17) is 0 Å². The smallest absolute Gasteiger partial charge is 0.254 e. The molecule has 0 aliphatic rings. The van der Waals surface area contributed by atoms with Gasteiger partial charge in [0, 0.05) is 6.54 Å². The summed E-state index contributed by atoms with van der Waals surface area (Å²) < 4.78 is 13.3. The highest BCUT2D eigenvalue weighted by Gasteiger charge is 2.10. The molecule has 88 valence electrons. The summed E-state index contributed by atoms with van der Waals surface area (Å²) >= 11 is 0. The molecule has 0 fully saturated rings. The molecule has 1 rings (SSSR count). The van der Waals surface area contributed by atoms with Crippen molar-refractivity contribution in [3.63, 3.8) is 0 Å². The van der Waals surface area contributed by atoms with Crippen LogP contribution in [0.5, 0.6) is 0 Å². The van der Waals surface area contributed by atoms with E-state index in [1.54, 1.807) is 12.1 Å². The highest BCUT2D eigenvalue weighted by molar-refractivity contribution is 5.94. The Balaban J connectivity index is 2.62. The van der Waals surface area contributed by atoms with Crippen LogP contribution in [0, 0.1) is 18.7 Å². The van der Waals surface area contributed by atoms with Gasteiger partial charge < -0.3 is 5.32 Å². The van der Waals surface area contributed by atoms with E-state index in [9.17, 15) is 9.18 Å². The van der Waals surface area contributed by atoms with Crippen LogP contribution in [0.1, 0.15) is 36.2 Å². The average Bonchev–Trinajstić information content (AvgIpc) is 2.21. The summed E-state index contributed by atoms with van der Waals surface area (Å²) in [6.45, 7) is 6.59. The van der Waals surface area contributed by atoms with Crippen molar-refractivity contribution in [1.29, 1.82) is 0 Å². The Bertz CT molecular complexity index is 374. The fourth-order valence-corrected chi connectivity index (χ4v) is 1.38. The fraction of sp³-hybridized carbons (Fsp3) is 0.462. The van der Waals surface area contributed by atoms with Gasteiger partial charge in [-0.15, -0.1) is 0 Å². The van der Waals surface area contributed by atoms with Crippen LogP contribution < -0.4 is 5.32 Å². The predicted molar refractivity (Wildman–Crippen MR) is 62.9 cm³/mol. The molecule has 1 amide bonds. The number of amides is 1. The zero-order chi connectivity index (χ0) is 12.1. The van der Waals surface area contributed by atoms with Gasteiger partial charge in [0.05, 0.1) is 5.56 Å². The Morgan fingerprint density at radius 2 is 2.12 bits per heavy atom. The van der Waals surface area contributed by atoms with E-state index in [1.165, 1.54) is 6.07 Å². The summed E-state index contributed by atoms with van der Waals surface area (Å²) in [5.41, 5.74) is 1.01. The summed E-state index contributed by atoms with van der Waals surface area (Å²) in [5, 5.41) is 2.72. The van der Waals surface area contributed by atoms with E-state index in [1.807, 2.05) is 6.92 Å². The van der Waals surface area contributed by atoms with Crippen molar-refractivity contribution in [1.82, 2.24) is 5.32 Å². The third kappa shape index (κ3) is 3.65. The molecule has 2 nitrogen and oxygen atoms in total. The number of aryl methyl sites for hydroxylation is 1. The number of hydrogen-bond donors (Lipinski definition) is 1. The van der Waals surface area contributed by atoms with E-state index < -0.39 is 5.82 Å². The summed E-state index contributed by atoms with van der Waals surface area (Å²) in [7, 11) is 0. The topological polar surface area (TPSA) is 29.1 Å². The van der Waals surface area contributed by atoms with Crippen molar-refractivity contribution in [2.45, 2.75) is 27.2 Å². The molecule has 0 atom stereocenters. The molecule has 0 aromatic heterocycles. The molecule has 1 aromatic carbocycles. The molecule has 0 aliphatic heterocycles. The molecule has 16 heavy (non-hydrogen) atoms. The maximum atomic E-state index is 13.3. The molecular weight excluding hydrogens is 205 g/mol. The fourth-order valence-electron chi connectivity index (χ4n) is 1.38. The molecule has 0 aliphatic carbocycles. The molecule has 0 spiro atoms. The Labute approximate surface area is 95.9 Å².